The molecule has 0 aliphatic carbocycles. The van der Waals surface area contributed by atoms with Crippen LogP contribution in [0, 0.1) is 13.8 Å². The summed E-state index contributed by atoms with van der Waals surface area (Å²) in [7, 11) is 3.11. The number of esters is 1. The van der Waals surface area contributed by atoms with Gasteiger partial charge in [-0.3, -0.25) is 0 Å². The van der Waals surface area contributed by atoms with Crippen molar-refractivity contribution in [3.63, 3.8) is 0 Å². The van der Waals surface area contributed by atoms with E-state index in [1.807, 2.05) is 12.1 Å². The minimum absolute atomic E-state index is 0.125. The highest BCUT2D eigenvalue weighted by molar-refractivity contribution is 5.87. The number of nitrogens with zero attached hydrogens (tertiary/aromatic N) is 1. The number of ether oxygens (including phenoxy) is 3. The Labute approximate surface area is 134 Å². The first-order valence-electron chi connectivity index (χ1n) is 7.04. The van der Waals surface area contributed by atoms with Crippen LogP contribution in [0.1, 0.15) is 22.6 Å². The number of methoxy groups -OCH3 is 2. The quantitative estimate of drug-likeness (QED) is 0.602. The van der Waals surface area contributed by atoms with Crippen molar-refractivity contribution < 1.29 is 23.5 Å². The summed E-state index contributed by atoms with van der Waals surface area (Å²) in [6.45, 7) is 3.70. The summed E-state index contributed by atoms with van der Waals surface area (Å²) in [5, 5.41) is 3.81. The second kappa shape index (κ2) is 7.49. The van der Waals surface area contributed by atoms with Crippen molar-refractivity contribution in [2.24, 2.45) is 0 Å². The van der Waals surface area contributed by atoms with Gasteiger partial charge in [-0.15, -0.1) is 0 Å². The maximum absolute atomic E-state index is 11.9. The van der Waals surface area contributed by atoms with Crippen LogP contribution in [-0.4, -0.2) is 25.3 Å². The molecule has 0 saturated carbocycles. The number of rotatable bonds is 6. The molecule has 1 aromatic heterocycles. The maximum atomic E-state index is 11.9. The number of carbonyl (C=O) groups excluding carboxylic acids is 1. The van der Waals surface area contributed by atoms with Crippen LogP contribution < -0.4 is 9.47 Å². The van der Waals surface area contributed by atoms with Crippen molar-refractivity contribution in [3.05, 3.63) is 46.9 Å². The minimum atomic E-state index is -0.463. The Morgan fingerprint density at radius 2 is 2.04 bits per heavy atom. The van der Waals surface area contributed by atoms with Crippen LogP contribution in [-0.2, 0) is 16.1 Å². The van der Waals surface area contributed by atoms with Crippen LogP contribution in [0.5, 0.6) is 11.5 Å². The highest BCUT2D eigenvalue weighted by atomic mass is 16.5. The van der Waals surface area contributed by atoms with E-state index >= 15 is 0 Å². The molecule has 6 nitrogen and oxygen atoms in total. The van der Waals surface area contributed by atoms with Crippen LogP contribution in [0.4, 0.5) is 0 Å². The van der Waals surface area contributed by atoms with Gasteiger partial charge in [-0.2, -0.15) is 0 Å². The first kappa shape index (κ1) is 16.6. The summed E-state index contributed by atoms with van der Waals surface area (Å²) in [6.07, 6.45) is 2.96. The van der Waals surface area contributed by atoms with Crippen molar-refractivity contribution in [2.75, 3.05) is 14.2 Å². The molecule has 0 radical (unpaired) electrons. The summed E-state index contributed by atoms with van der Waals surface area (Å²) in [5.74, 6) is 1.34. The van der Waals surface area contributed by atoms with E-state index in [1.165, 1.54) is 6.08 Å². The van der Waals surface area contributed by atoms with Gasteiger partial charge >= 0.3 is 5.97 Å². The monoisotopic (exact) mass is 317 g/mol. The normalized spacial score (nSPS) is 10.8. The number of carbonyl (C=O) groups is 1. The Hall–Kier alpha value is -2.76. The third kappa shape index (κ3) is 3.91. The molecule has 0 aliphatic heterocycles. The first-order chi connectivity index (χ1) is 11.1. The van der Waals surface area contributed by atoms with Gasteiger partial charge in [0.2, 0.25) is 0 Å². The van der Waals surface area contributed by atoms with Crippen molar-refractivity contribution in [2.45, 2.75) is 20.5 Å². The Balaban J connectivity index is 2.04. The Morgan fingerprint density at radius 3 is 2.65 bits per heavy atom. The summed E-state index contributed by atoms with van der Waals surface area (Å²) in [6, 6.07) is 5.42. The molecule has 0 saturated heterocycles. The fourth-order valence-corrected chi connectivity index (χ4v) is 2.10. The molecule has 2 aromatic rings. The SMILES string of the molecule is COc1cccc(/C=C/C(=O)OCc2c(C)noc2C)c1OC. The topological polar surface area (TPSA) is 70.8 Å². The lowest BCUT2D eigenvalue weighted by atomic mass is 10.1. The number of para-hydroxylation sites is 1. The Bertz CT molecular complexity index is 698. The molecule has 0 atom stereocenters. The number of hydrogen-bond donors (Lipinski definition) is 0. The van der Waals surface area contributed by atoms with Gasteiger partial charge in [-0.25, -0.2) is 4.79 Å². The van der Waals surface area contributed by atoms with Crippen molar-refractivity contribution in [1.29, 1.82) is 0 Å². The lowest BCUT2D eigenvalue weighted by molar-refractivity contribution is -0.138. The second-order valence-corrected chi connectivity index (χ2v) is 4.83. The van der Waals surface area contributed by atoms with Crippen LogP contribution >= 0.6 is 0 Å². The first-order valence-corrected chi connectivity index (χ1v) is 7.04. The lowest BCUT2D eigenvalue weighted by Crippen LogP contribution is -2.02. The van der Waals surface area contributed by atoms with Crippen LogP contribution in [0.25, 0.3) is 6.08 Å². The summed E-state index contributed by atoms with van der Waals surface area (Å²) >= 11 is 0. The molecule has 122 valence electrons. The molecule has 0 unspecified atom stereocenters. The van der Waals surface area contributed by atoms with Gasteiger partial charge in [0.05, 0.1) is 25.5 Å². The van der Waals surface area contributed by atoms with Gasteiger partial charge in [0.15, 0.2) is 11.5 Å². The molecule has 0 bridgehead atoms. The van der Waals surface area contributed by atoms with Gasteiger partial charge in [0, 0.05) is 11.6 Å². The molecular formula is C17H19NO5. The average Bonchev–Trinajstić information content (AvgIpc) is 2.88. The molecule has 0 aliphatic rings. The molecule has 23 heavy (non-hydrogen) atoms. The van der Waals surface area contributed by atoms with Crippen LogP contribution in [0.3, 0.4) is 0 Å². The number of aromatic nitrogens is 1. The van der Waals surface area contributed by atoms with E-state index in [1.54, 1.807) is 40.2 Å². The van der Waals surface area contributed by atoms with Crippen molar-refractivity contribution >= 4 is 12.0 Å². The zero-order valence-electron chi connectivity index (χ0n) is 13.6. The molecular weight excluding hydrogens is 298 g/mol. The fraction of sp³-hybridized carbons (Fsp3) is 0.294. The molecule has 0 fully saturated rings. The summed E-state index contributed by atoms with van der Waals surface area (Å²) in [4.78, 5) is 11.9. The zero-order chi connectivity index (χ0) is 16.8. The van der Waals surface area contributed by atoms with Crippen molar-refractivity contribution in [1.82, 2.24) is 5.16 Å². The molecule has 2 rings (SSSR count). The largest absolute Gasteiger partial charge is 0.493 e. The minimum Gasteiger partial charge on any atom is -0.493 e. The van der Waals surface area contributed by atoms with E-state index in [-0.39, 0.29) is 6.61 Å². The van der Waals surface area contributed by atoms with Gasteiger partial charge in [0.25, 0.3) is 0 Å². The van der Waals surface area contributed by atoms with Crippen LogP contribution in [0.2, 0.25) is 0 Å². The molecule has 1 aromatic carbocycles. The molecule has 0 spiro atoms. The standard InChI is InChI=1S/C17H19NO5/c1-11-14(12(2)23-18-11)10-22-16(19)9-8-13-6-5-7-15(20-3)17(13)21-4/h5-9H,10H2,1-4H3/b9-8+. The number of benzene rings is 1. The predicted octanol–water partition coefficient (Wildman–Crippen LogP) is 3.07. The van der Waals surface area contributed by atoms with Gasteiger partial charge in [-0.05, 0) is 26.0 Å². The summed E-state index contributed by atoms with van der Waals surface area (Å²) in [5.41, 5.74) is 2.22. The smallest absolute Gasteiger partial charge is 0.331 e. The number of hydrogen-bond acceptors (Lipinski definition) is 6. The highest BCUT2D eigenvalue weighted by Gasteiger charge is 2.11. The maximum Gasteiger partial charge on any atom is 0.331 e. The van der Waals surface area contributed by atoms with Gasteiger partial charge in [-0.1, -0.05) is 17.3 Å². The molecule has 0 N–H and O–H groups in total. The van der Waals surface area contributed by atoms with Crippen LogP contribution in [0.15, 0.2) is 28.8 Å². The molecule has 0 amide bonds. The van der Waals surface area contributed by atoms with Gasteiger partial charge in [0.1, 0.15) is 12.4 Å². The second-order valence-electron chi connectivity index (χ2n) is 4.83. The van der Waals surface area contributed by atoms with E-state index in [4.69, 9.17) is 18.7 Å². The molecule has 6 heteroatoms. The molecule has 1 heterocycles. The van der Waals surface area contributed by atoms with E-state index in [9.17, 15) is 4.79 Å². The van der Waals surface area contributed by atoms with E-state index in [0.717, 1.165) is 11.1 Å². The highest BCUT2D eigenvalue weighted by Crippen LogP contribution is 2.31. The summed E-state index contributed by atoms with van der Waals surface area (Å²) < 4.78 is 20.7. The Morgan fingerprint density at radius 1 is 1.26 bits per heavy atom. The number of aryl methyl sites for hydroxylation is 2. The lowest BCUT2D eigenvalue weighted by Gasteiger charge is -2.09. The zero-order valence-corrected chi connectivity index (χ0v) is 13.6. The third-order valence-corrected chi connectivity index (χ3v) is 3.37. The Kier molecular flexibility index (Phi) is 5.41. The van der Waals surface area contributed by atoms with Crippen molar-refractivity contribution in [3.8, 4) is 11.5 Å². The van der Waals surface area contributed by atoms with Gasteiger partial charge < -0.3 is 18.7 Å². The fourth-order valence-electron chi connectivity index (χ4n) is 2.10. The van der Waals surface area contributed by atoms with E-state index < -0.39 is 5.97 Å². The average molecular weight is 317 g/mol. The van der Waals surface area contributed by atoms with E-state index in [2.05, 4.69) is 5.16 Å². The van der Waals surface area contributed by atoms with E-state index in [0.29, 0.717) is 23.0 Å². The third-order valence-electron chi connectivity index (χ3n) is 3.37. The predicted molar refractivity (Wildman–Crippen MR) is 84.4 cm³/mol.